The number of hydrogen-bond acceptors (Lipinski definition) is 5. The normalized spacial score (nSPS) is 9.43. The second-order valence-electron chi connectivity index (χ2n) is 2.91. The highest BCUT2D eigenvalue weighted by atomic mass is 16.5. The van der Waals surface area contributed by atoms with Gasteiger partial charge in [-0.1, -0.05) is 5.16 Å². The summed E-state index contributed by atoms with van der Waals surface area (Å²) in [7, 11) is 1.74. The van der Waals surface area contributed by atoms with Crippen LogP contribution in [0.3, 0.4) is 0 Å². The minimum atomic E-state index is 0.711. The largest absolute Gasteiger partial charge is 0.361 e. The molecule has 0 saturated heterocycles. The topological polar surface area (TPSA) is 69.6 Å². The zero-order valence-corrected chi connectivity index (χ0v) is 8.72. The third-order valence-electron chi connectivity index (χ3n) is 1.35. The quantitative estimate of drug-likeness (QED) is 0.622. The summed E-state index contributed by atoms with van der Waals surface area (Å²) in [4.78, 5) is 1.43. The molecule has 0 amide bonds. The Bertz CT molecular complexity index is 321. The van der Waals surface area contributed by atoms with Gasteiger partial charge in [0.1, 0.15) is 5.76 Å². The third-order valence-corrected chi connectivity index (χ3v) is 1.35. The number of aromatic nitrogens is 5. The van der Waals surface area contributed by atoms with Crippen molar-refractivity contribution in [1.82, 2.24) is 25.4 Å². The maximum absolute atomic E-state index is 4.71. The molecule has 14 heavy (non-hydrogen) atoms. The maximum Gasteiger partial charge on any atom is 0.171 e. The molecule has 2 aromatic rings. The molecule has 6 nitrogen and oxygen atoms in total. The smallest absolute Gasteiger partial charge is 0.171 e. The highest BCUT2D eigenvalue weighted by Crippen LogP contribution is 1.97. The van der Waals surface area contributed by atoms with Crippen molar-refractivity contribution < 1.29 is 4.52 Å². The highest BCUT2D eigenvalue weighted by Gasteiger charge is 1.88. The molecule has 0 spiro atoms. The zero-order chi connectivity index (χ0) is 10.6. The molecule has 0 N–H and O–H groups in total. The summed E-state index contributed by atoms with van der Waals surface area (Å²) >= 11 is 0. The second kappa shape index (κ2) is 4.50. The van der Waals surface area contributed by atoms with E-state index in [1.54, 1.807) is 14.0 Å². The molecule has 0 bridgehead atoms. The Hall–Kier alpha value is -1.72. The van der Waals surface area contributed by atoms with Crippen LogP contribution >= 0.6 is 0 Å². The van der Waals surface area contributed by atoms with Crippen LogP contribution in [0.2, 0.25) is 0 Å². The van der Waals surface area contributed by atoms with Crippen molar-refractivity contribution in [3.8, 4) is 0 Å². The average molecular weight is 195 g/mol. The molecular weight excluding hydrogens is 182 g/mol. The summed E-state index contributed by atoms with van der Waals surface area (Å²) in [5.41, 5.74) is 0.942. The van der Waals surface area contributed by atoms with Gasteiger partial charge in [-0.25, -0.2) is 0 Å². The van der Waals surface area contributed by atoms with Crippen LogP contribution in [0.15, 0.2) is 10.6 Å². The Labute approximate surface area is 81.9 Å². The number of rotatable bonds is 0. The van der Waals surface area contributed by atoms with E-state index in [-0.39, 0.29) is 0 Å². The van der Waals surface area contributed by atoms with Crippen molar-refractivity contribution in [1.29, 1.82) is 0 Å². The molecule has 0 aliphatic heterocycles. The summed E-state index contributed by atoms with van der Waals surface area (Å²) in [6.45, 7) is 5.57. The van der Waals surface area contributed by atoms with Gasteiger partial charge in [0.2, 0.25) is 0 Å². The Morgan fingerprint density at radius 3 is 2.14 bits per heavy atom. The van der Waals surface area contributed by atoms with E-state index < -0.39 is 0 Å². The van der Waals surface area contributed by atoms with E-state index in [2.05, 4.69) is 20.6 Å². The van der Waals surface area contributed by atoms with Gasteiger partial charge in [-0.3, -0.25) is 0 Å². The fourth-order valence-corrected chi connectivity index (χ4v) is 0.870. The standard InChI is InChI=1S/C5H7NO.C3H6N4/c1-4-3-5(2)7-6-4;1-3-4-6-7(2)5-3/h3H,1-2H3;1-2H3. The lowest BCUT2D eigenvalue weighted by atomic mass is 10.4. The molecule has 0 fully saturated rings. The fraction of sp³-hybridized carbons (Fsp3) is 0.500. The van der Waals surface area contributed by atoms with Gasteiger partial charge in [-0.15, -0.1) is 10.2 Å². The van der Waals surface area contributed by atoms with Crippen molar-refractivity contribution in [2.45, 2.75) is 20.8 Å². The van der Waals surface area contributed by atoms with Gasteiger partial charge in [-0.05, 0) is 26.0 Å². The van der Waals surface area contributed by atoms with Crippen LogP contribution in [-0.4, -0.2) is 25.4 Å². The number of tetrazole rings is 1. The van der Waals surface area contributed by atoms with E-state index in [9.17, 15) is 0 Å². The summed E-state index contributed by atoms with van der Waals surface area (Å²) in [6, 6.07) is 1.89. The van der Waals surface area contributed by atoms with E-state index in [0.717, 1.165) is 11.5 Å². The van der Waals surface area contributed by atoms with Crippen LogP contribution < -0.4 is 0 Å². The van der Waals surface area contributed by atoms with E-state index >= 15 is 0 Å². The van der Waals surface area contributed by atoms with Crippen LogP contribution in [-0.2, 0) is 7.05 Å². The lowest BCUT2D eigenvalue weighted by Crippen LogP contribution is -1.91. The van der Waals surface area contributed by atoms with Crippen LogP contribution in [0.4, 0.5) is 0 Å². The van der Waals surface area contributed by atoms with E-state index in [0.29, 0.717) is 5.82 Å². The first-order valence-corrected chi connectivity index (χ1v) is 4.18. The molecule has 2 rings (SSSR count). The summed E-state index contributed by atoms with van der Waals surface area (Å²) in [5, 5.41) is 14.6. The molecule has 6 heteroatoms. The minimum Gasteiger partial charge on any atom is -0.361 e. The molecule has 2 heterocycles. The zero-order valence-electron chi connectivity index (χ0n) is 8.72. The second-order valence-corrected chi connectivity index (χ2v) is 2.91. The van der Waals surface area contributed by atoms with Crippen LogP contribution in [0.25, 0.3) is 0 Å². The van der Waals surface area contributed by atoms with E-state index in [1.807, 2.05) is 19.9 Å². The van der Waals surface area contributed by atoms with Crippen molar-refractivity contribution in [3.05, 3.63) is 23.3 Å². The summed E-state index contributed by atoms with van der Waals surface area (Å²) in [5.74, 6) is 1.58. The van der Waals surface area contributed by atoms with E-state index in [4.69, 9.17) is 4.52 Å². The molecule has 0 atom stereocenters. The molecule has 0 radical (unpaired) electrons. The first kappa shape index (κ1) is 10.4. The highest BCUT2D eigenvalue weighted by molar-refractivity contribution is 4.99. The van der Waals surface area contributed by atoms with E-state index in [1.165, 1.54) is 4.80 Å². The lowest BCUT2D eigenvalue weighted by molar-refractivity contribution is 0.393. The minimum absolute atomic E-state index is 0.711. The maximum atomic E-state index is 4.71. The molecule has 0 aromatic carbocycles. The lowest BCUT2D eigenvalue weighted by Gasteiger charge is -1.73. The summed E-state index contributed by atoms with van der Waals surface area (Å²) in [6.07, 6.45) is 0. The Morgan fingerprint density at radius 2 is 2.00 bits per heavy atom. The van der Waals surface area contributed by atoms with Crippen molar-refractivity contribution in [3.63, 3.8) is 0 Å². The average Bonchev–Trinajstić information content (AvgIpc) is 2.63. The molecule has 0 aliphatic carbocycles. The first-order chi connectivity index (χ1) is 6.58. The van der Waals surface area contributed by atoms with Gasteiger partial charge in [0, 0.05) is 6.07 Å². The van der Waals surface area contributed by atoms with Gasteiger partial charge in [-0.2, -0.15) is 4.80 Å². The van der Waals surface area contributed by atoms with Gasteiger partial charge < -0.3 is 4.52 Å². The fourth-order valence-electron chi connectivity index (χ4n) is 0.870. The molecular formula is C8H13N5O. The van der Waals surface area contributed by atoms with Gasteiger partial charge >= 0.3 is 0 Å². The Balaban J connectivity index is 0.000000140. The molecule has 0 unspecified atom stereocenters. The SMILES string of the molecule is Cc1cc(C)on1.Cc1nnn(C)n1. The Morgan fingerprint density at radius 1 is 1.29 bits per heavy atom. The number of aryl methyl sites for hydroxylation is 4. The van der Waals surface area contributed by atoms with Crippen LogP contribution in [0, 0.1) is 20.8 Å². The van der Waals surface area contributed by atoms with Crippen molar-refractivity contribution in [2.75, 3.05) is 0 Å². The number of nitrogens with zero attached hydrogens (tertiary/aromatic N) is 5. The van der Waals surface area contributed by atoms with Gasteiger partial charge in [0.15, 0.2) is 5.82 Å². The number of hydrogen-bond donors (Lipinski definition) is 0. The summed E-state index contributed by atoms with van der Waals surface area (Å²) < 4.78 is 4.71. The van der Waals surface area contributed by atoms with Gasteiger partial charge in [0.05, 0.1) is 12.7 Å². The monoisotopic (exact) mass is 195 g/mol. The predicted molar refractivity (Wildman–Crippen MR) is 49.5 cm³/mol. The van der Waals surface area contributed by atoms with Crippen LogP contribution in [0.5, 0.6) is 0 Å². The molecule has 0 aliphatic rings. The van der Waals surface area contributed by atoms with Crippen LogP contribution in [0.1, 0.15) is 17.3 Å². The predicted octanol–water partition coefficient (Wildman–Crippen LogP) is 0.810. The molecule has 2 aromatic heterocycles. The van der Waals surface area contributed by atoms with Crippen molar-refractivity contribution in [2.24, 2.45) is 7.05 Å². The van der Waals surface area contributed by atoms with Gasteiger partial charge in [0.25, 0.3) is 0 Å². The third kappa shape index (κ3) is 3.34. The van der Waals surface area contributed by atoms with Crippen molar-refractivity contribution >= 4 is 0 Å². The molecule has 76 valence electrons. The Kier molecular flexibility index (Phi) is 3.33. The first-order valence-electron chi connectivity index (χ1n) is 4.18. The molecule has 0 saturated carbocycles.